The van der Waals surface area contributed by atoms with E-state index in [9.17, 15) is 4.39 Å². The van der Waals surface area contributed by atoms with Gasteiger partial charge in [0.25, 0.3) is 0 Å². The Hall–Kier alpha value is -1.36. The maximum absolute atomic E-state index is 13.4. The molecule has 0 spiro atoms. The molecule has 0 bridgehead atoms. The molecule has 0 aliphatic heterocycles. The first-order chi connectivity index (χ1) is 9.15. The summed E-state index contributed by atoms with van der Waals surface area (Å²) in [6, 6.07) is 12.7. The number of thioether (sulfide) groups is 1. The van der Waals surface area contributed by atoms with E-state index in [0.717, 1.165) is 16.7 Å². The predicted octanol–water partition coefficient (Wildman–Crippen LogP) is 3.41. The molecule has 100 valence electrons. The molecular weight excluding hydrogens is 259 g/mol. The number of hydrazine groups is 1. The molecule has 0 saturated carbocycles. The third kappa shape index (κ3) is 3.15. The average Bonchev–Trinajstić information content (AvgIpc) is 2.44. The highest BCUT2D eigenvalue weighted by Gasteiger charge is 2.15. The van der Waals surface area contributed by atoms with Crippen molar-refractivity contribution in [2.24, 2.45) is 5.84 Å². The third-order valence-corrected chi connectivity index (χ3v) is 3.91. The van der Waals surface area contributed by atoms with E-state index in [1.165, 1.54) is 17.0 Å². The number of nitrogens with two attached hydrogens (primary N) is 1. The van der Waals surface area contributed by atoms with Gasteiger partial charge in [-0.3, -0.25) is 5.84 Å². The quantitative estimate of drug-likeness (QED) is 0.510. The molecule has 0 fully saturated rings. The van der Waals surface area contributed by atoms with Crippen molar-refractivity contribution in [3.8, 4) is 0 Å². The van der Waals surface area contributed by atoms with Gasteiger partial charge in [-0.25, -0.2) is 9.82 Å². The zero-order valence-corrected chi connectivity index (χ0v) is 11.8. The lowest BCUT2D eigenvalue weighted by Crippen LogP contribution is -2.29. The standard InChI is InChI=1S/C15H17FN2S/c1-10-3-6-12(16)9-14(10)15(18-17)11-4-7-13(19-2)8-5-11/h3-9,15,18H,17H2,1-2H3. The Morgan fingerprint density at radius 1 is 1.16 bits per heavy atom. The summed E-state index contributed by atoms with van der Waals surface area (Å²) in [4.78, 5) is 1.19. The summed E-state index contributed by atoms with van der Waals surface area (Å²) in [6.45, 7) is 1.95. The van der Waals surface area contributed by atoms with E-state index in [1.807, 2.05) is 37.4 Å². The van der Waals surface area contributed by atoms with Gasteiger partial charge in [0.15, 0.2) is 0 Å². The van der Waals surface area contributed by atoms with Gasteiger partial charge in [0, 0.05) is 4.90 Å². The number of nitrogens with one attached hydrogen (secondary N) is 1. The Labute approximate surface area is 117 Å². The summed E-state index contributed by atoms with van der Waals surface area (Å²) in [6.07, 6.45) is 2.03. The molecule has 4 heteroatoms. The molecule has 0 aromatic heterocycles. The molecule has 2 nitrogen and oxygen atoms in total. The van der Waals surface area contributed by atoms with Crippen molar-refractivity contribution in [2.75, 3.05) is 6.26 Å². The number of hydrogen-bond acceptors (Lipinski definition) is 3. The van der Waals surface area contributed by atoms with Crippen molar-refractivity contribution in [2.45, 2.75) is 17.9 Å². The summed E-state index contributed by atoms with van der Waals surface area (Å²) < 4.78 is 13.4. The molecule has 2 aromatic rings. The molecule has 2 rings (SSSR count). The van der Waals surface area contributed by atoms with E-state index >= 15 is 0 Å². The molecule has 1 atom stereocenters. The summed E-state index contributed by atoms with van der Waals surface area (Å²) in [5.74, 6) is 5.40. The van der Waals surface area contributed by atoms with Crippen LogP contribution in [0.15, 0.2) is 47.4 Å². The first-order valence-electron chi connectivity index (χ1n) is 6.02. The van der Waals surface area contributed by atoms with Crippen molar-refractivity contribution in [3.05, 3.63) is 65.0 Å². The zero-order chi connectivity index (χ0) is 13.8. The van der Waals surface area contributed by atoms with Crippen LogP contribution in [-0.4, -0.2) is 6.26 Å². The Kier molecular flexibility index (Phi) is 4.58. The van der Waals surface area contributed by atoms with E-state index in [1.54, 1.807) is 17.8 Å². The van der Waals surface area contributed by atoms with Crippen LogP contribution in [0.1, 0.15) is 22.7 Å². The Morgan fingerprint density at radius 3 is 2.42 bits per heavy atom. The van der Waals surface area contributed by atoms with Crippen LogP contribution in [0.2, 0.25) is 0 Å². The first-order valence-corrected chi connectivity index (χ1v) is 7.24. The molecule has 0 aliphatic rings. The number of halogens is 1. The van der Waals surface area contributed by atoms with Gasteiger partial charge in [-0.15, -0.1) is 11.8 Å². The summed E-state index contributed by atoms with van der Waals surface area (Å²) in [5.41, 5.74) is 5.66. The molecule has 3 N–H and O–H groups in total. The topological polar surface area (TPSA) is 38.0 Å². The molecule has 0 saturated heterocycles. The smallest absolute Gasteiger partial charge is 0.123 e. The number of benzene rings is 2. The van der Waals surface area contributed by atoms with Crippen LogP contribution in [0.4, 0.5) is 4.39 Å². The highest BCUT2D eigenvalue weighted by molar-refractivity contribution is 7.98. The van der Waals surface area contributed by atoms with Crippen LogP contribution < -0.4 is 11.3 Å². The molecular formula is C15H17FN2S. The van der Waals surface area contributed by atoms with Gasteiger partial charge in [0.2, 0.25) is 0 Å². The Balaban J connectivity index is 2.40. The van der Waals surface area contributed by atoms with E-state index < -0.39 is 0 Å². The van der Waals surface area contributed by atoms with Gasteiger partial charge in [-0.1, -0.05) is 18.2 Å². The monoisotopic (exact) mass is 276 g/mol. The van der Waals surface area contributed by atoms with Gasteiger partial charge < -0.3 is 0 Å². The largest absolute Gasteiger partial charge is 0.271 e. The van der Waals surface area contributed by atoms with Crippen molar-refractivity contribution in [1.29, 1.82) is 0 Å². The third-order valence-electron chi connectivity index (χ3n) is 3.17. The van der Waals surface area contributed by atoms with Crippen LogP contribution in [0.5, 0.6) is 0 Å². The molecule has 0 amide bonds. The fourth-order valence-electron chi connectivity index (χ4n) is 2.08. The van der Waals surface area contributed by atoms with Crippen LogP contribution >= 0.6 is 11.8 Å². The molecule has 1 unspecified atom stereocenters. The van der Waals surface area contributed by atoms with Crippen LogP contribution in [0, 0.1) is 12.7 Å². The fraction of sp³-hybridized carbons (Fsp3) is 0.200. The lowest BCUT2D eigenvalue weighted by Gasteiger charge is -2.19. The van der Waals surface area contributed by atoms with Crippen LogP contribution in [0.25, 0.3) is 0 Å². The minimum atomic E-state index is -0.249. The lowest BCUT2D eigenvalue weighted by atomic mass is 9.95. The fourth-order valence-corrected chi connectivity index (χ4v) is 2.49. The second-order valence-corrected chi connectivity index (χ2v) is 5.25. The molecule has 19 heavy (non-hydrogen) atoms. The van der Waals surface area contributed by atoms with E-state index in [-0.39, 0.29) is 11.9 Å². The van der Waals surface area contributed by atoms with E-state index in [4.69, 9.17) is 5.84 Å². The first kappa shape index (κ1) is 14.1. The lowest BCUT2D eigenvalue weighted by molar-refractivity contribution is 0.602. The Morgan fingerprint density at radius 2 is 1.84 bits per heavy atom. The van der Waals surface area contributed by atoms with Gasteiger partial charge in [0.1, 0.15) is 5.82 Å². The molecule has 0 aliphatic carbocycles. The van der Waals surface area contributed by atoms with E-state index in [0.29, 0.717) is 0 Å². The minimum Gasteiger partial charge on any atom is -0.271 e. The van der Waals surface area contributed by atoms with Gasteiger partial charge in [-0.05, 0) is 54.1 Å². The number of hydrogen-bond donors (Lipinski definition) is 2. The number of aryl methyl sites for hydroxylation is 1. The van der Waals surface area contributed by atoms with Gasteiger partial charge >= 0.3 is 0 Å². The van der Waals surface area contributed by atoms with Crippen molar-refractivity contribution in [3.63, 3.8) is 0 Å². The normalized spacial score (nSPS) is 12.4. The molecule has 0 radical (unpaired) electrons. The summed E-state index contributed by atoms with van der Waals surface area (Å²) in [5, 5.41) is 0. The second kappa shape index (κ2) is 6.19. The van der Waals surface area contributed by atoms with Crippen molar-refractivity contribution < 1.29 is 4.39 Å². The highest BCUT2D eigenvalue weighted by atomic mass is 32.2. The Bertz CT molecular complexity index is 555. The predicted molar refractivity (Wildman–Crippen MR) is 78.5 cm³/mol. The SMILES string of the molecule is CSc1ccc(C(NN)c2cc(F)ccc2C)cc1. The minimum absolute atomic E-state index is 0.202. The van der Waals surface area contributed by atoms with Crippen molar-refractivity contribution in [1.82, 2.24) is 5.43 Å². The second-order valence-electron chi connectivity index (χ2n) is 4.37. The summed E-state index contributed by atoms with van der Waals surface area (Å²) in [7, 11) is 0. The maximum atomic E-state index is 13.4. The van der Waals surface area contributed by atoms with Gasteiger partial charge in [-0.2, -0.15) is 0 Å². The molecule has 0 heterocycles. The highest BCUT2D eigenvalue weighted by Crippen LogP contribution is 2.26. The van der Waals surface area contributed by atoms with Crippen molar-refractivity contribution >= 4 is 11.8 Å². The summed E-state index contributed by atoms with van der Waals surface area (Å²) >= 11 is 1.69. The number of rotatable bonds is 4. The average molecular weight is 276 g/mol. The molecule has 2 aromatic carbocycles. The van der Waals surface area contributed by atoms with Crippen LogP contribution in [0.3, 0.4) is 0 Å². The zero-order valence-electron chi connectivity index (χ0n) is 11.0. The van der Waals surface area contributed by atoms with E-state index in [2.05, 4.69) is 5.43 Å². The van der Waals surface area contributed by atoms with Crippen LogP contribution in [-0.2, 0) is 0 Å². The van der Waals surface area contributed by atoms with Gasteiger partial charge in [0.05, 0.1) is 6.04 Å². The maximum Gasteiger partial charge on any atom is 0.123 e.